The molecule has 0 bridgehead atoms. The molecule has 0 radical (unpaired) electrons. The molecule has 1 heterocycles. The molecule has 0 aliphatic carbocycles. The molecule has 1 aromatic carbocycles. The van der Waals surface area contributed by atoms with Crippen molar-refractivity contribution in [1.29, 1.82) is 0 Å². The Morgan fingerprint density at radius 1 is 1.29 bits per heavy atom. The summed E-state index contributed by atoms with van der Waals surface area (Å²) in [6, 6.07) is 8.46. The Balaban J connectivity index is 2.16. The van der Waals surface area contributed by atoms with E-state index in [4.69, 9.17) is 0 Å². The highest BCUT2D eigenvalue weighted by atomic mass is 16.2. The molecule has 1 aromatic rings. The molecule has 1 aliphatic rings. The number of carbonyl (C=O) groups excluding carboxylic acids is 1. The largest absolute Gasteiger partial charge is 0.314 e. The molecule has 1 saturated heterocycles. The van der Waals surface area contributed by atoms with Gasteiger partial charge >= 0.3 is 0 Å². The minimum Gasteiger partial charge on any atom is -0.314 e. The summed E-state index contributed by atoms with van der Waals surface area (Å²) in [6.07, 6.45) is 1.58. The van der Waals surface area contributed by atoms with Crippen molar-refractivity contribution in [2.45, 2.75) is 32.7 Å². The standard InChI is InChI=1S/C14H20N2O/c1-11-4-6-13(7-5-11)16-9-3-8-15-12(2)10-14(16)17/h4-7,12,15H,3,8-10H2,1-2H3. The molecule has 0 spiro atoms. The van der Waals surface area contributed by atoms with Crippen LogP contribution in [0.25, 0.3) is 0 Å². The molecule has 1 amide bonds. The molecule has 1 unspecified atom stereocenters. The average Bonchev–Trinajstić information content (AvgIpc) is 2.28. The molecular weight excluding hydrogens is 212 g/mol. The number of nitrogens with zero attached hydrogens (tertiary/aromatic N) is 1. The highest BCUT2D eigenvalue weighted by molar-refractivity contribution is 5.93. The van der Waals surface area contributed by atoms with E-state index in [1.807, 2.05) is 17.0 Å². The molecule has 1 fully saturated rings. The maximum Gasteiger partial charge on any atom is 0.228 e. The van der Waals surface area contributed by atoms with Crippen molar-refractivity contribution in [1.82, 2.24) is 5.32 Å². The van der Waals surface area contributed by atoms with Crippen molar-refractivity contribution in [3.05, 3.63) is 29.8 Å². The van der Waals surface area contributed by atoms with Gasteiger partial charge in [0.15, 0.2) is 0 Å². The third-order valence-electron chi connectivity index (χ3n) is 3.18. The fourth-order valence-corrected chi connectivity index (χ4v) is 2.15. The number of carbonyl (C=O) groups is 1. The fourth-order valence-electron chi connectivity index (χ4n) is 2.15. The van der Waals surface area contributed by atoms with E-state index in [9.17, 15) is 4.79 Å². The van der Waals surface area contributed by atoms with Gasteiger partial charge in [0, 0.05) is 24.7 Å². The second kappa shape index (κ2) is 5.32. The summed E-state index contributed by atoms with van der Waals surface area (Å²) < 4.78 is 0. The Labute approximate surface area is 103 Å². The van der Waals surface area contributed by atoms with Crippen LogP contribution in [0.15, 0.2) is 24.3 Å². The monoisotopic (exact) mass is 232 g/mol. The van der Waals surface area contributed by atoms with Crippen molar-refractivity contribution in [3.8, 4) is 0 Å². The number of amides is 1. The minimum atomic E-state index is 0.216. The molecule has 0 aromatic heterocycles. The predicted octanol–water partition coefficient (Wildman–Crippen LogP) is 2.10. The molecule has 1 N–H and O–H groups in total. The van der Waals surface area contributed by atoms with Crippen molar-refractivity contribution in [2.75, 3.05) is 18.0 Å². The number of rotatable bonds is 1. The van der Waals surface area contributed by atoms with Crippen LogP contribution in [0, 0.1) is 6.92 Å². The minimum absolute atomic E-state index is 0.216. The number of benzene rings is 1. The predicted molar refractivity (Wildman–Crippen MR) is 70.2 cm³/mol. The number of aryl methyl sites for hydroxylation is 1. The maximum atomic E-state index is 12.1. The summed E-state index contributed by atoms with van der Waals surface area (Å²) in [5, 5.41) is 3.35. The molecule has 2 rings (SSSR count). The van der Waals surface area contributed by atoms with E-state index in [2.05, 4.69) is 31.3 Å². The van der Waals surface area contributed by atoms with E-state index in [0.717, 1.165) is 25.2 Å². The summed E-state index contributed by atoms with van der Waals surface area (Å²) >= 11 is 0. The first-order chi connectivity index (χ1) is 8.16. The van der Waals surface area contributed by atoms with E-state index in [1.54, 1.807) is 0 Å². The van der Waals surface area contributed by atoms with Gasteiger partial charge in [-0.1, -0.05) is 17.7 Å². The summed E-state index contributed by atoms with van der Waals surface area (Å²) in [5.74, 6) is 0.216. The van der Waals surface area contributed by atoms with Gasteiger partial charge in [-0.3, -0.25) is 4.79 Å². The van der Waals surface area contributed by atoms with Gasteiger partial charge in [-0.05, 0) is 38.9 Å². The number of anilines is 1. The molecular formula is C14H20N2O. The lowest BCUT2D eigenvalue weighted by atomic mass is 10.1. The summed E-state index contributed by atoms with van der Waals surface area (Å²) in [4.78, 5) is 14.1. The molecule has 3 nitrogen and oxygen atoms in total. The number of nitrogens with one attached hydrogen (secondary N) is 1. The van der Waals surface area contributed by atoms with Crippen LogP contribution in [0.4, 0.5) is 5.69 Å². The summed E-state index contributed by atoms with van der Waals surface area (Å²) in [6.45, 7) is 5.92. The maximum absolute atomic E-state index is 12.1. The first-order valence-electron chi connectivity index (χ1n) is 6.27. The van der Waals surface area contributed by atoms with Gasteiger partial charge in [-0.15, -0.1) is 0 Å². The zero-order valence-electron chi connectivity index (χ0n) is 10.6. The first-order valence-corrected chi connectivity index (χ1v) is 6.27. The average molecular weight is 232 g/mol. The fraction of sp³-hybridized carbons (Fsp3) is 0.500. The van der Waals surface area contributed by atoms with Crippen molar-refractivity contribution < 1.29 is 4.79 Å². The second-order valence-electron chi connectivity index (χ2n) is 4.79. The third kappa shape index (κ3) is 3.07. The third-order valence-corrected chi connectivity index (χ3v) is 3.18. The van der Waals surface area contributed by atoms with Crippen LogP contribution in [0.1, 0.15) is 25.3 Å². The quantitative estimate of drug-likeness (QED) is 0.804. The van der Waals surface area contributed by atoms with E-state index >= 15 is 0 Å². The normalized spacial score (nSPS) is 22.1. The van der Waals surface area contributed by atoms with Crippen LogP contribution in [-0.2, 0) is 4.79 Å². The van der Waals surface area contributed by atoms with E-state index < -0.39 is 0 Å². The van der Waals surface area contributed by atoms with Crippen LogP contribution in [0.2, 0.25) is 0 Å². The van der Waals surface area contributed by atoms with Crippen molar-refractivity contribution in [2.24, 2.45) is 0 Å². The van der Waals surface area contributed by atoms with E-state index in [-0.39, 0.29) is 11.9 Å². The van der Waals surface area contributed by atoms with Crippen LogP contribution < -0.4 is 10.2 Å². The lowest BCUT2D eigenvalue weighted by Crippen LogP contribution is -2.42. The van der Waals surface area contributed by atoms with Crippen LogP contribution in [-0.4, -0.2) is 25.0 Å². The Morgan fingerprint density at radius 2 is 2.00 bits per heavy atom. The molecule has 17 heavy (non-hydrogen) atoms. The molecule has 1 aliphatic heterocycles. The Kier molecular flexibility index (Phi) is 3.79. The molecule has 92 valence electrons. The Bertz CT molecular complexity index is 386. The van der Waals surface area contributed by atoms with Gasteiger partial charge in [0.2, 0.25) is 5.91 Å². The topological polar surface area (TPSA) is 32.3 Å². The number of hydrogen-bond donors (Lipinski definition) is 1. The van der Waals surface area contributed by atoms with Gasteiger partial charge in [-0.2, -0.15) is 0 Å². The van der Waals surface area contributed by atoms with Gasteiger partial charge in [-0.25, -0.2) is 0 Å². The highest BCUT2D eigenvalue weighted by Crippen LogP contribution is 2.18. The van der Waals surface area contributed by atoms with Gasteiger partial charge in [0.05, 0.1) is 0 Å². The zero-order valence-corrected chi connectivity index (χ0v) is 10.6. The van der Waals surface area contributed by atoms with Crippen molar-refractivity contribution in [3.63, 3.8) is 0 Å². The summed E-state index contributed by atoms with van der Waals surface area (Å²) in [7, 11) is 0. The van der Waals surface area contributed by atoms with Crippen molar-refractivity contribution >= 4 is 11.6 Å². The second-order valence-corrected chi connectivity index (χ2v) is 4.79. The van der Waals surface area contributed by atoms with Gasteiger partial charge < -0.3 is 10.2 Å². The zero-order chi connectivity index (χ0) is 12.3. The van der Waals surface area contributed by atoms with Gasteiger partial charge in [0.1, 0.15) is 0 Å². The smallest absolute Gasteiger partial charge is 0.228 e. The van der Waals surface area contributed by atoms with Crippen LogP contribution in [0.3, 0.4) is 0 Å². The highest BCUT2D eigenvalue weighted by Gasteiger charge is 2.20. The van der Waals surface area contributed by atoms with Gasteiger partial charge in [0.25, 0.3) is 0 Å². The molecule has 0 saturated carbocycles. The molecule has 3 heteroatoms. The summed E-state index contributed by atoms with van der Waals surface area (Å²) in [5.41, 5.74) is 2.25. The lowest BCUT2D eigenvalue weighted by Gasteiger charge is -2.27. The molecule has 1 atom stereocenters. The lowest BCUT2D eigenvalue weighted by molar-refractivity contribution is -0.119. The SMILES string of the molecule is Cc1ccc(N2CCCNC(C)CC2=O)cc1. The van der Waals surface area contributed by atoms with E-state index in [0.29, 0.717) is 6.42 Å². The number of hydrogen-bond acceptors (Lipinski definition) is 2. The van der Waals surface area contributed by atoms with Crippen LogP contribution in [0.5, 0.6) is 0 Å². The van der Waals surface area contributed by atoms with E-state index in [1.165, 1.54) is 5.56 Å². The van der Waals surface area contributed by atoms with Crippen LogP contribution >= 0.6 is 0 Å². The first kappa shape index (κ1) is 12.1. The Hall–Kier alpha value is -1.35. The Morgan fingerprint density at radius 3 is 2.71 bits per heavy atom.